The minimum atomic E-state index is -1.14. The van der Waals surface area contributed by atoms with Crippen LogP contribution in [0, 0.1) is 0 Å². The molecule has 0 saturated carbocycles. The van der Waals surface area contributed by atoms with E-state index in [9.17, 15) is 9.90 Å². The number of aromatic carboxylic acids is 1. The summed E-state index contributed by atoms with van der Waals surface area (Å²) in [4.78, 5) is 14.8. The third-order valence-corrected chi connectivity index (χ3v) is 4.27. The van der Waals surface area contributed by atoms with Crippen LogP contribution in [0.25, 0.3) is 0 Å². The van der Waals surface area contributed by atoms with Gasteiger partial charge in [-0.1, -0.05) is 44.2 Å². The molecule has 0 saturated heterocycles. The lowest BCUT2D eigenvalue weighted by Gasteiger charge is -2.21. The molecule has 0 aliphatic rings. The molecule has 0 unspecified atom stereocenters. The van der Waals surface area contributed by atoms with Crippen LogP contribution in [0.3, 0.4) is 0 Å². The van der Waals surface area contributed by atoms with Crippen LogP contribution in [-0.4, -0.2) is 21.2 Å². The zero-order chi connectivity index (χ0) is 14.0. The standard InChI is InChI=1S/C14H15NO3S/c1-14(2,8-9-6-4-3-5-7-9)13-15-11(16)10(19-13)12(17)18/h3-7,16H,8H2,1-2H3,(H,17,18). The van der Waals surface area contributed by atoms with Crippen LogP contribution in [0.5, 0.6) is 5.88 Å². The van der Waals surface area contributed by atoms with Gasteiger partial charge in [-0.3, -0.25) is 0 Å². The zero-order valence-electron chi connectivity index (χ0n) is 10.8. The highest BCUT2D eigenvalue weighted by Gasteiger charge is 2.28. The monoisotopic (exact) mass is 277 g/mol. The van der Waals surface area contributed by atoms with E-state index in [1.165, 1.54) is 0 Å². The average molecular weight is 277 g/mol. The van der Waals surface area contributed by atoms with Crippen molar-refractivity contribution in [2.24, 2.45) is 0 Å². The maximum Gasteiger partial charge on any atom is 0.351 e. The molecule has 100 valence electrons. The largest absolute Gasteiger partial charge is 0.492 e. The number of rotatable bonds is 4. The Hall–Kier alpha value is -1.88. The Bertz CT molecular complexity index is 590. The number of carboxylic acids is 1. The molecule has 0 fully saturated rings. The van der Waals surface area contributed by atoms with Crippen molar-refractivity contribution < 1.29 is 15.0 Å². The van der Waals surface area contributed by atoms with Crippen LogP contribution in [-0.2, 0) is 11.8 Å². The van der Waals surface area contributed by atoms with E-state index in [0.29, 0.717) is 5.01 Å². The van der Waals surface area contributed by atoms with Gasteiger partial charge in [-0.15, -0.1) is 11.3 Å². The number of hydrogen-bond acceptors (Lipinski definition) is 4. The van der Waals surface area contributed by atoms with E-state index in [0.717, 1.165) is 23.3 Å². The molecule has 5 heteroatoms. The van der Waals surface area contributed by atoms with Gasteiger partial charge in [0.1, 0.15) is 5.01 Å². The number of hydrogen-bond donors (Lipinski definition) is 2. The summed E-state index contributed by atoms with van der Waals surface area (Å²) in [7, 11) is 0. The molecule has 2 aromatic rings. The Labute approximate surface area is 115 Å². The first kappa shape index (κ1) is 13.5. The van der Waals surface area contributed by atoms with E-state index in [1.54, 1.807) is 0 Å². The molecule has 0 aliphatic heterocycles. The Balaban J connectivity index is 2.29. The van der Waals surface area contributed by atoms with Crippen molar-refractivity contribution in [3.05, 3.63) is 45.8 Å². The minimum absolute atomic E-state index is 0.101. The molecule has 2 rings (SSSR count). The summed E-state index contributed by atoms with van der Waals surface area (Å²) < 4.78 is 0. The highest BCUT2D eigenvalue weighted by Crippen LogP contribution is 2.35. The van der Waals surface area contributed by atoms with Crippen molar-refractivity contribution in [3.63, 3.8) is 0 Å². The molecular weight excluding hydrogens is 262 g/mol. The van der Waals surface area contributed by atoms with E-state index in [4.69, 9.17) is 5.11 Å². The number of carbonyl (C=O) groups is 1. The van der Waals surface area contributed by atoms with Gasteiger partial charge in [0.2, 0.25) is 5.88 Å². The van der Waals surface area contributed by atoms with E-state index < -0.39 is 11.8 Å². The molecule has 1 aromatic heterocycles. The predicted octanol–water partition coefficient (Wildman–Crippen LogP) is 3.07. The van der Waals surface area contributed by atoms with Crippen LogP contribution in [0.2, 0.25) is 0 Å². The Morgan fingerprint density at radius 1 is 1.32 bits per heavy atom. The summed E-state index contributed by atoms with van der Waals surface area (Å²) in [6.45, 7) is 3.98. The van der Waals surface area contributed by atoms with Gasteiger partial charge in [0.25, 0.3) is 0 Å². The normalized spacial score (nSPS) is 11.5. The maximum absolute atomic E-state index is 10.9. The first-order chi connectivity index (χ1) is 8.90. The molecule has 0 amide bonds. The van der Waals surface area contributed by atoms with Gasteiger partial charge in [-0.2, -0.15) is 0 Å². The van der Waals surface area contributed by atoms with E-state index in [1.807, 2.05) is 44.2 Å². The SMILES string of the molecule is CC(C)(Cc1ccccc1)c1nc(O)c(C(=O)O)s1. The smallest absolute Gasteiger partial charge is 0.351 e. The summed E-state index contributed by atoms with van der Waals surface area (Å²) in [5.74, 6) is -1.54. The minimum Gasteiger partial charge on any atom is -0.492 e. The maximum atomic E-state index is 10.9. The van der Waals surface area contributed by atoms with Crippen molar-refractivity contribution >= 4 is 17.3 Å². The predicted molar refractivity (Wildman–Crippen MR) is 73.9 cm³/mol. The second-order valence-corrected chi connectivity index (χ2v) is 6.02. The first-order valence-corrected chi connectivity index (χ1v) is 6.69. The molecule has 19 heavy (non-hydrogen) atoms. The fourth-order valence-electron chi connectivity index (χ4n) is 1.92. The van der Waals surface area contributed by atoms with Crippen LogP contribution in [0.15, 0.2) is 30.3 Å². The van der Waals surface area contributed by atoms with Crippen molar-refractivity contribution in [2.75, 3.05) is 0 Å². The second kappa shape index (κ2) is 5.01. The topological polar surface area (TPSA) is 70.4 Å². The molecule has 0 atom stereocenters. The Morgan fingerprint density at radius 3 is 2.47 bits per heavy atom. The van der Waals surface area contributed by atoms with Crippen molar-refractivity contribution in [3.8, 4) is 5.88 Å². The summed E-state index contributed by atoms with van der Waals surface area (Å²) >= 11 is 1.03. The molecule has 1 heterocycles. The molecule has 0 spiro atoms. The summed E-state index contributed by atoms with van der Waals surface area (Å²) in [5, 5.41) is 19.1. The second-order valence-electron chi connectivity index (χ2n) is 5.02. The summed E-state index contributed by atoms with van der Waals surface area (Å²) in [6.07, 6.45) is 0.736. The third kappa shape index (κ3) is 2.93. The van der Waals surface area contributed by atoms with Gasteiger partial charge in [0.05, 0.1) is 0 Å². The van der Waals surface area contributed by atoms with Crippen molar-refractivity contribution in [2.45, 2.75) is 25.7 Å². The number of aromatic hydroxyl groups is 1. The molecule has 1 aromatic carbocycles. The number of nitrogens with zero attached hydrogens (tertiary/aromatic N) is 1. The number of carboxylic acid groups (broad SMARTS) is 1. The van der Waals surface area contributed by atoms with Crippen LogP contribution in [0.4, 0.5) is 0 Å². The summed E-state index contributed by atoms with van der Waals surface area (Å²) in [6, 6.07) is 9.93. The van der Waals surface area contributed by atoms with E-state index in [2.05, 4.69) is 4.98 Å². The molecule has 2 N–H and O–H groups in total. The van der Waals surface area contributed by atoms with Gasteiger partial charge in [-0.05, 0) is 12.0 Å². The third-order valence-electron chi connectivity index (χ3n) is 2.87. The molecular formula is C14H15NO3S. The molecule has 0 bridgehead atoms. The highest BCUT2D eigenvalue weighted by atomic mass is 32.1. The lowest BCUT2D eigenvalue weighted by Crippen LogP contribution is -2.20. The number of thiazole rings is 1. The number of benzene rings is 1. The fourth-order valence-corrected chi connectivity index (χ4v) is 2.82. The first-order valence-electron chi connectivity index (χ1n) is 5.87. The van der Waals surface area contributed by atoms with Crippen molar-refractivity contribution in [1.29, 1.82) is 0 Å². The lowest BCUT2D eigenvalue weighted by atomic mass is 9.86. The molecule has 0 aliphatic carbocycles. The number of aromatic nitrogens is 1. The van der Waals surface area contributed by atoms with Gasteiger partial charge in [-0.25, -0.2) is 9.78 Å². The van der Waals surface area contributed by atoms with Crippen molar-refractivity contribution in [1.82, 2.24) is 4.98 Å². The fraction of sp³-hybridized carbons (Fsp3) is 0.286. The molecule has 4 nitrogen and oxygen atoms in total. The van der Waals surface area contributed by atoms with Gasteiger partial charge in [0, 0.05) is 5.41 Å². The Morgan fingerprint density at radius 2 is 1.95 bits per heavy atom. The quantitative estimate of drug-likeness (QED) is 0.901. The molecule has 0 radical (unpaired) electrons. The van der Waals surface area contributed by atoms with Crippen LogP contribution < -0.4 is 0 Å². The summed E-state index contributed by atoms with van der Waals surface area (Å²) in [5.41, 5.74) is 0.830. The van der Waals surface area contributed by atoms with Crippen LogP contribution >= 0.6 is 11.3 Å². The van der Waals surface area contributed by atoms with Crippen LogP contribution in [0.1, 0.15) is 34.1 Å². The van der Waals surface area contributed by atoms with Gasteiger partial charge < -0.3 is 10.2 Å². The van der Waals surface area contributed by atoms with Gasteiger partial charge >= 0.3 is 5.97 Å². The van der Waals surface area contributed by atoms with E-state index in [-0.39, 0.29) is 10.3 Å². The lowest BCUT2D eigenvalue weighted by molar-refractivity contribution is 0.0699. The van der Waals surface area contributed by atoms with E-state index >= 15 is 0 Å². The highest BCUT2D eigenvalue weighted by molar-refractivity contribution is 7.14. The van der Waals surface area contributed by atoms with Gasteiger partial charge in [0.15, 0.2) is 4.88 Å². The zero-order valence-corrected chi connectivity index (χ0v) is 11.6. The average Bonchev–Trinajstić information content (AvgIpc) is 2.73. The Kier molecular flexibility index (Phi) is 3.57.